The van der Waals surface area contributed by atoms with Gasteiger partial charge >= 0.3 is 5.97 Å². The van der Waals surface area contributed by atoms with Gasteiger partial charge in [-0.25, -0.2) is 13.6 Å². The summed E-state index contributed by atoms with van der Waals surface area (Å²) >= 11 is 0. The Kier molecular flexibility index (Phi) is 5.73. The minimum Gasteiger partial charge on any atom is -0.462 e. The number of allylic oxidation sites excluding steroid dienone is 1. The van der Waals surface area contributed by atoms with Crippen LogP contribution in [-0.2, 0) is 4.74 Å². The lowest BCUT2D eigenvalue weighted by Gasteiger charge is -2.16. The molecule has 2 fully saturated rings. The van der Waals surface area contributed by atoms with E-state index in [1.807, 2.05) is 6.08 Å². The summed E-state index contributed by atoms with van der Waals surface area (Å²) in [5.74, 6) is -2.41. The fourth-order valence-corrected chi connectivity index (χ4v) is 4.35. The van der Waals surface area contributed by atoms with E-state index < -0.39 is 23.0 Å². The second kappa shape index (κ2) is 8.30. The number of benzene rings is 1. The highest BCUT2D eigenvalue weighted by atomic mass is 19.2. The third kappa shape index (κ3) is 3.90. The van der Waals surface area contributed by atoms with Crippen molar-refractivity contribution in [3.05, 3.63) is 51.3 Å². The van der Waals surface area contributed by atoms with E-state index in [9.17, 15) is 18.4 Å². The summed E-state index contributed by atoms with van der Waals surface area (Å²) in [6.07, 6.45) is 10.2. The molecule has 30 heavy (non-hydrogen) atoms. The molecule has 2 aromatic rings. The quantitative estimate of drug-likeness (QED) is 0.712. The van der Waals surface area contributed by atoms with Gasteiger partial charge < -0.3 is 15.0 Å². The first-order chi connectivity index (χ1) is 14.4. The van der Waals surface area contributed by atoms with Crippen LogP contribution < -0.4 is 11.2 Å². The number of carbonyl (C=O) groups is 1. The molecule has 5 nitrogen and oxygen atoms in total. The molecule has 2 aliphatic rings. The van der Waals surface area contributed by atoms with E-state index in [2.05, 4.69) is 0 Å². The number of aromatic nitrogens is 1. The molecule has 1 aromatic heterocycles. The molecule has 2 aliphatic carbocycles. The van der Waals surface area contributed by atoms with Gasteiger partial charge in [-0.2, -0.15) is 0 Å². The molecule has 4 rings (SSSR count). The summed E-state index contributed by atoms with van der Waals surface area (Å²) < 4.78 is 35.9. The van der Waals surface area contributed by atoms with Crippen LogP contribution >= 0.6 is 0 Å². The first-order valence-electron chi connectivity index (χ1n) is 10.6. The molecule has 1 aromatic carbocycles. The second-order valence-corrected chi connectivity index (χ2v) is 8.29. The zero-order valence-corrected chi connectivity index (χ0v) is 17.0. The van der Waals surface area contributed by atoms with Crippen molar-refractivity contribution >= 4 is 22.9 Å². The van der Waals surface area contributed by atoms with Gasteiger partial charge in [0, 0.05) is 23.8 Å². The highest BCUT2D eigenvalue weighted by Gasteiger charge is 2.29. The number of esters is 1. The standard InChI is InChI=1S/C23H26F2N2O3/c1-2-30-23(29)18-12-27(15-8-9-15)21-16(5-3-4-13-6-7-14(26)10-13)20(25)19(24)11-17(21)22(18)28/h3,5,11-15H,2,4,6-10,26H2,1H3/b5-3-/t13-,14+/m0/s1. The Bertz CT molecular complexity index is 1070. The van der Waals surface area contributed by atoms with Gasteiger partial charge in [-0.15, -0.1) is 0 Å². The average Bonchev–Trinajstić information content (AvgIpc) is 3.47. The van der Waals surface area contributed by atoms with Crippen LogP contribution in [0.2, 0.25) is 0 Å². The highest BCUT2D eigenvalue weighted by Crippen LogP contribution is 2.39. The highest BCUT2D eigenvalue weighted by molar-refractivity contribution is 5.96. The number of ether oxygens (including phenoxy) is 1. The first-order valence-corrected chi connectivity index (χ1v) is 10.6. The Morgan fingerprint density at radius 2 is 2.07 bits per heavy atom. The van der Waals surface area contributed by atoms with Crippen LogP contribution in [-0.4, -0.2) is 23.2 Å². The molecule has 0 aliphatic heterocycles. The van der Waals surface area contributed by atoms with Crippen molar-refractivity contribution in [2.75, 3.05) is 6.61 Å². The van der Waals surface area contributed by atoms with Gasteiger partial charge in [0.2, 0.25) is 5.43 Å². The van der Waals surface area contributed by atoms with Crippen molar-refractivity contribution in [2.24, 2.45) is 11.7 Å². The lowest BCUT2D eigenvalue weighted by atomic mass is 10.0. The van der Waals surface area contributed by atoms with E-state index in [4.69, 9.17) is 10.5 Å². The Hall–Kier alpha value is -2.54. The monoisotopic (exact) mass is 416 g/mol. The minimum absolute atomic E-state index is 0.00566. The van der Waals surface area contributed by atoms with Gasteiger partial charge in [-0.3, -0.25) is 4.79 Å². The molecule has 0 bridgehead atoms. The molecular weight excluding hydrogens is 390 g/mol. The molecule has 7 heteroatoms. The summed E-state index contributed by atoms with van der Waals surface area (Å²) in [6.45, 7) is 1.77. The molecular formula is C23H26F2N2O3. The maximum Gasteiger partial charge on any atom is 0.343 e. The predicted molar refractivity (Wildman–Crippen MR) is 111 cm³/mol. The molecule has 2 N–H and O–H groups in total. The normalized spacial score (nSPS) is 21.6. The van der Waals surface area contributed by atoms with Crippen LogP contribution in [0.15, 0.2) is 23.1 Å². The van der Waals surface area contributed by atoms with Gasteiger partial charge in [0.15, 0.2) is 11.6 Å². The Morgan fingerprint density at radius 1 is 1.30 bits per heavy atom. The largest absolute Gasteiger partial charge is 0.462 e. The van der Waals surface area contributed by atoms with Crippen LogP contribution in [0.4, 0.5) is 8.78 Å². The molecule has 2 saturated carbocycles. The maximum atomic E-state index is 14.8. The fourth-order valence-electron chi connectivity index (χ4n) is 4.35. The van der Waals surface area contributed by atoms with E-state index in [1.165, 1.54) is 6.20 Å². The van der Waals surface area contributed by atoms with Gasteiger partial charge in [0.1, 0.15) is 5.56 Å². The Labute approximate surface area is 173 Å². The molecule has 0 amide bonds. The number of rotatable bonds is 6. The summed E-state index contributed by atoms with van der Waals surface area (Å²) in [4.78, 5) is 25.2. The molecule has 0 radical (unpaired) electrons. The molecule has 0 saturated heterocycles. The third-order valence-corrected chi connectivity index (χ3v) is 6.01. The lowest BCUT2D eigenvalue weighted by Crippen LogP contribution is -2.21. The number of hydrogen-bond acceptors (Lipinski definition) is 4. The second-order valence-electron chi connectivity index (χ2n) is 8.29. The van der Waals surface area contributed by atoms with Crippen LogP contribution in [0.5, 0.6) is 0 Å². The lowest BCUT2D eigenvalue weighted by molar-refractivity contribution is 0.0524. The van der Waals surface area contributed by atoms with Crippen molar-refractivity contribution in [2.45, 2.75) is 57.5 Å². The van der Waals surface area contributed by atoms with Crippen LogP contribution in [0, 0.1) is 17.6 Å². The van der Waals surface area contributed by atoms with E-state index in [0.717, 1.165) is 44.6 Å². The fraction of sp³-hybridized carbons (Fsp3) is 0.478. The van der Waals surface area contributed by atoms with Gasteiger partial charge in [0.05, 0.1) is 17.5 Å². The molecule has 1 heterocycles. The van der Waals surface area contributed by atoms with Crippen LogP contribution in [0.1, 0.15) is 67.4 Å². The third-order valence-electron chi connectivity index (χ3n) is 6.01. The SMILES string of the molecule is CCOC(=O)c1cn(C2CC2)c2c(/C=C\C[C@H]3CC[C@@H](N)C3)c(F)c(F)cc2c1=O. The average molecular weight is 416 g/mol. The van der Waals surface area contributed by atoms with Gasteiger partial charge in [0.25, 0.3) is 0 Å². The predicted octanol–water partition coefficient (Wildman–Crippen LogP) is 4.32. The van der Waals surface area contributed by atoms with Crippen molar-refractivity contribution in [1.29, 1.82) is 0 Å². The number of halogens is 2. The number of carbonyl (C=O) groups excluding carboxylic acids is 1. The Balaban J connectivity index is 1.83. The van der Waals surface area contributed by atoms with Crippen molar-refractivity contribution in [1.82, 2.24) is 4.57 Å². The van der Waals surface area contributed by atoms with E-state index in [1.54, 1.807) is 17.6 Å². The topological polar surface area (TPSA) is 74.3 Å². The maximum absolute atomic E-state index is 14.8. The molecule has 160 valence electrons. The summed E-state index contributed by atoms with van der Waals surface area (Å²) in [5.41, 5.74) is 5.53. The smallest absolute Gasteiger partial charge is 0.343 e. The minimum atomic E-state index is -1.11. The number of nitrogens with two attached hydrogens (primary N) is 1. The van der Waals surface area contributed by atoms with Gasteiger partial charge in [-0.1, -0.05) is 12.2 Å². The Morgan fingerprint density at radius 3 is 2.70 bits per heavy atom. The van der Waals surface area contributed by atoms with E-state index >= 15 is 0 Å². The van der Waals surface area contributed by atoms with E-state index in [0.29, 0.717) is 11.4 Å². The first kappa shape index (κ1) is 20.7. The van der Waals surface area contributed by atoms with Crippen LogP contribution in [0.3, 0.4) is 0 Å². The number of nitrogens with zero attached hydrogens (tertiary/aromatic N) is 1. The van der Waals surface area contributed by atoms with Gasteiger partial charge in [-0.05, 0) is 57.4 Å². The van der Waals surface area contributed by atoms with Crippen molar-refractivity contribution in [3.8, 4) is 0 Å². The number of pyridine rings is 1. The van der Waals surface area contributed by atoms with E-state index in [-0.39, 0.29) is 35.2 Å². The molecule has 0 unspecified atom stereocenters. The van der Waals surface area contributed by atoms with Crippen molar-refractivity contribution < 1.29 is 18.3 Å². The molecule has 2 atom stereocenters. The number of hydrogen-bond donors (Lipinski definition) is 1. The van der Waals surface area contributed by atoms with Crippen molar-refractivity contribution in [3.63, 3.8) is 0 Å². The summed E-state index contributed by atoms with van der Waals surface area (Å²) in [7, 11) is 0. The number of fused-ring (bicyclic) bond motifs is 1. The summed E-state index contributed by atoms with van der Waals surface area (Å²) in [5, 5.41) is -0.00566. The summed E-state index contributed by atoms with van der Waals surface area (Å²) in [6, 6.07) is 1.14. The molecule has 0 spiro atoms. The zero-order valence-electron chi connectivity index (χ0n) is 17.0. The van der Waals surface area contributed by atoms with Crippen LogP contribution in [0.25, 0.3) is 17.0 Å². The zero-order chi connectivity index (χ0) is 21.4.